The maximum atomic E-state index is 4.60. The first-order valence-corrected chi connectivity index (χ1v) is 9.06. The minimum atomic E-state index is 0.216. The van der Waals surface area contributed by atoms with Gasteiger partial charge >= 0.3 is 0 Å². The molecule has 0 saturated carbocycles. The molecule has 0 saturated heterocycles. The predicted octanol–water partition coefficient (Wildman–Crippen LogP) is 4.07. The first-order chi connectivity index (χ1) is 10.6. The van der Waals surface area contributed by atoms with Crippen LogP contribution in [0.3, 0.4) is 0 Å². The summed E-state index contributed by atoms with van der Waals surface area (Å²) in [6.07, 6.45) is 12.9. The smallest absolute Gasteiger partial charge is 0.0964 e. The molecule has 0 spiro atoms. The Hall–Kier alpha value is -0.900. The third-order valence-electron chi connectivity index (χ3n) is 4.22. The van der Waals surface area contributed by atoms with E-state index in [1.165, 1.54) is 51.4 Å². The third kappa shape index (κ3) is 7.92. The number of hydrogen-bond donors (Lipinski definition) is 1. The van der Waals surface area contributed by atoms with Crippen molar-refractivity contribution in [1.82, 2.24) is 10.3 Å². The normalized spacial score (nSPS) is 17.9. The molecule has 0 bridgehead atoms. The van der Waals surface area contributed by atoms with Gasteiger partial charge in [-0.2, -0.15) is 5.10 Å². The summed E-state index contributed by atoms with van der Waals surface area (Å²) in [6, 6.07) is 0. The Balaban J connectivity index is 2.10. The average molecular weight is 309 g/mol. The molecular formula is C18H36N4. The highest BCUT2D eigenvalue weighted by atomic mass is 15.5. The van der Waals surface area contributed by atoms with Crippen LogP contribution in [0, 0.1) is 5.41 Å². The summed E-state index contributed by atoms with van der Waals surface area (Å²) in [6.45, 7) is 13.2. The van der Waals surface area contributed by atoms with Crippen LogP contribution >= 0.6 is 0 Å². The highest BCUT2D eigenvalue weighted by Gasteiger charge is 2.28. The zero-order valence-electron chi connectivity index (χ0n) is 15.0. The van der Waals surface area contributed by atoms with Crippen LogP contribution in [0.1, 0.15) is 72.1 Å². The Morgan fingerprint density at radius 2 is 1.82 bits per heavy atom. The minimum absolute atomic E-state index is 0.216. The van der Waals surface area contributed by atoms with Crippen molar-refractivity contribution < 1.29 is 0 Å². The Labute approximate surface area is 137 Å². The van der Waals surface area contributed by atoms with Crippen LogP contribution in [0.5, 0.6) is 0 Å². The molecule has 128 valence electrons. The number of nitrogens with one attached hydrogen (secondary N) is 1. The van der Waals surface area contributed by atoms with Crippen molar-refractivity contribution in [1.29, 1.82) is 0 Å². The summed E-state index contributed by atoms with van der Waals surface area (Å²) < 4.78 is 0. The van der Waals surface area contributed by atoms with Crippen molar-refractivity contribution in [3.63, 3.8) is 0 Å². The zero-order valence-corrected chi connectivity index (χ0v) is 15.0. The van der Waals surface area contributed by atoms with Gasteiger partial charge in [0, 0.05) is 24.7 Å². The number of rotatable bonds is 13. The number of hydrazone groups is 1. The standard InChI is InChI=1S/C18H36N4/c1-5-20-17(22-16-18(2,3)15-21-22)13-11-9-7-6-8-10-12-14-19-4/h15,17,20H,4-14,16H2,1-3H3. The van der Waals surface area contributed by atoms with E-state index in [4.69, 9.17) is 0 Å². The lowest BCUT2D eigenvalue weighted by molar-refractivity contribution is 0.152. The lowest BCUT2D eigenvalue weighted by Gasteiger charge is -2.29. The molecule has 4 nitrogen and oxygen atoms in total. The van der Waals surface area contributed by atoms with Crippen LogP contribution in [-0.2, 0) is 0 Å². The number of nitrogens with zero attached hydrogens (tertiary/aromatic N) is 3. The summed E-state index contributed by atoms with van der Waals surface area (Å²) in [5.41, 5.74) is 0.216. The molecule has 1 aliphatic rings. The van der Waals surface area contributed by atoms with Gasteiger partial charge < -0.3 is 4.99 Å². The van der Waals surface area contributed by atoms with E-state index in [0.717, 1.165) is 19.6 Å². The molecule has 1 aliphatic heterocycles. The minimum Gasteiger partial charge on any atom is -0.301 e. The molecular weight excluding hydrogens is 272 g/mol. The van der Waals surface area contributed by atoms with E-state index in [1.54, 1.807) is 0 Å². The molecule has 1 atom stereocenters. The van der Waals surface area contributed by atoms with E-state index in [-0.39, 0.29) is 5.41 Å². The third-order valence-corrected chi connectivity index (χ3v) is 4.22. The van der Waals surface area contributed by atoms with Crippen LogP contribution in [0.2, 0.25) is 0 Å². The van der Waals surface area contributed by atoms with Crippen molar-refractivity contribution in [2.24, 2.45) is 15.5 Å². The van der Waals surface area contributed by atoms with Crippen LogP contribution in [0.25, 0.3) is 0 Å². The van der Waals surface area contributed by atoms with Gasteiger partial charge in [0.15, 0.2) is 0 Å². The highest BCUT2D eigenvalue weighted by Crippen LogP contribution is 2.23. The fourth-order valence-corrected chi connectivity index (χ4v) is 2.96. The SMILES string of the molecule is C=NCCCCCCCCCC(NCC)N1CC(C)(C)C=N1. The van der Waals surface area contributed by atoms with E-state index in [2.05, 4.69) is 54.1 Å². The molecule has 0 amide bonds. The van der Waals surface area contributed by atoms with Gasteiger partial charge in [-0.3, -0.25) is 10.3 Å². The Morgan fingerprint density at radius 1 is 1.18 bits per heavy atom. The quantitative estimate of drug-likeness (QED) is 0.411. The Kier molecular flexibility index (Phi) is 9.37. The Morgan fingerprint density at radius 3 is 2.36 bits per heavy atom. The molecule has 1 N–H and O–H groups in total. The van der Waals surface area contributed by atoms with Crippen LogP contribution in [0.15, 0.2) is 10.1 Å². The molecule has 0 fully saturated rings. The fraction of sp³-hybridized carbons (Fsp3) is 0.889. The molecule has 22 heavy (non-hydrogen) atoms. The van der Waals surface area contributed by atoms with Gasteiger partial charge in [-0.05, 0) is 32.5 Å². The summed E-state index contributed by atoms with van der Waals surface area (Å²) in [5.74, 6) is 0. The van der Waals surface area contributed by atoms with E-state index in [0.29, 0.717) is 6.17 Å². The number of hydrogen-bond acceptors (Lipinski definition) is 4. The fourth-order valence-electron chi connectivity index (χ4n) is 2.96. The molecule has 0 aromatic heterocycles. The van der Waals surface area contributed by atoms with Gasteiger partial charge in [-0.1, -0.05) is 52.9 Å². The first kappa shape index (κ1) is 19.1. The topological polar surface area (TPSA) is 40.0 Å². The van der Waals surface area contributed by atoms with Crippen molar-refractivity contribution in [3.8, 4) is 0 Å². The van der Waals surface area contributed by atoms with E-state index >= 15 is 0 Å². The maximum Gasteiger partial charge on any atom is 0.0964 e. The zero-order chi connectivity index (χ0) is 16.3. The second-order valence-corrected chi connectivity index (χ2v) is 7.11. The van der Waals surface area contributed by atoms with Gasteiger partial charge in [-0.15, -0.1) is 0 Å². The lowest BCUT2D eigenvalue weighted by Crippen LogP contribution is -2.43. The lowest BCUT2D eigenvalue weighted by atomic mass is 9.96. The van der Waals surface area contributed by atoms with Gasteiger partial charge in [0.05, 0.1) is 6.17 Å². The molecule has 0 aromatic rings. The molecule has 4 heteroatoms. The van der Waals surface area contributed by atoms with Crippen molar-refractivity contribution >= 4 is 12.9 Å². The molecule has 0 radical (unpaired) electrons. The van der Waals surface area contributed by atoms with E-state index in [9.17, 15) is 0 Å². The summed E-state index contributed by atoms with van der Waals surface area (Å²) in [5, 5.41) is 10.4. The van der Waals surface area contributed by atoms with E-state index < -0.39 is 0 Å². The molecule has 1 heterocycles. The molecule has 1 unspecified atom stereocenters. The van der Waals surface area contributed by atoms with Gasteiger partial charge in [0.1, 0.15) is 0 Å². The summed E-state index contributed by atoms with van der Waals surface area (Å²) in [7, 11) is 0. The van der Waals surface area contributed by atoms with Gasteiger partial charge in [0.25, 0.3) is 0 Å². The summed E-state index contributed by atoms with van der Waals surface area (Å²) in [4.78, 5) is 3.89. The van der Waals surface area contributed by atoms with Gasteiger partial charge in [-0.25, -0.2) is 0 Å². The van der Waals surface area contributed by atoms with E-state index in [1.807, 2.05) is 0 Å². The average Bonchev–Trinajstić information content (AvgIpc) is 2.84. The second kappa shape index (κ2) is 10.8. The van der Waals surface area contributed by atoms with Crippen LogP contribution in [0.4, 0.5) is 0 Å². The summed E-state index contributed by atoms with van der Waals surface area (Å²) >= 11 is 0. The van der Waals surface area contributed by atoms with Crippen molar-refractivity contribution in [2.75, 3.05) is 19.6 Å². The number of unbranched alkanes of at least 4 members (excludes halogenated alkanes) is 6. The highest BCUT2D eigenvalue weighted by molar-refractivity contribution is 5.66. The van der Waals surface area contributed by atoms with Crippen molar-refractivity contribution in [3.05, 3.63) is 0 Å². The van der Waals surface area contributed by atoms with Gasteiger partial charge in [0.2, 0.25) is 0 Å². The maximum absolute atomic E-state index is 4.60. The Bertz CT molecular complexity index is 325. The van der Waals surface area contributed by atoms with Crippen LogP contribution < -0.4 is 5.32 Å². The molecule has 0 aliphatic carbocycles. The van der Waals surface area contributed by atoms with Crippen molar-refractivity contribution in [2.45, 2.75) is 78.3 Å². The first-order valence-electron chi connectivity index (χ1n) is 9.06. The molecule has 0 aromatic carbocycles. The largest absolute Gasteiger partial charge is 0.301 e. The monoisotopic (exact) mass is 308 g/mol. The van der Waals surface area contributed by atoms with Crippen LogP contribution in [-0.4, -0.2) is 43.7 Å². The second-order valence-electron chi connectivity index (χ2n) is 7.11. The number of aliphatic imine (C=N–C) groups is 1. The predicted molar refractivity (Wildman–Crippen MR) is 97.8 cm³/mol. The molecule has 1 rings (SSSR count).